The summed E-state index contributed by atoms with van der Waals surface area (Å²) in [6.07, 6.45) is 1.82. The molecule has 0 spiro atoms. The fourth-order valence-electron chi connectivity index (χ4n) is 3.93. The molecule has 1 unspecified atom stereocenters. The Morgan fingerprint density at radius 2 is 1.82 bits per heavy atom. The van der Waals surface area contributed by atoms with E-state index in [1.807, 2.05) is 0 Å². The van der Waals surface area contributed by atoms with Gasteiger partial charge in [0.05, 0.1) is 17.4 Å². The van der Waals surface area contributed by atoms with E-state index in [9.17, 15) is 14.5 Å². The number of rotatable bonds is 6. The average Bonchev–Trinajstić information content (AvgIpc) is 3.50. The summed E-state index contributed by atoms with van der Waals surface area (Å²) in [4.78, 5) is 21.6. The number of hydrogen-bond donors (Lipinski definition) is 0. The van der Waals surface area contributed by atoms with E-state index in [0.717, 1.165) is 19.4 Å². The second kappa shape index (κ2) is 8.87. The minimum Gasteiger partial charge on any atom is -0.339 e. The number of piperidine rings is 1. The van der Waals surface area contributed by atoms with Gasteiger partial charge in [0.1, 0.15) is 5.82 Å². The van der Waals surface area contributed by atoms with E-state index >= 15 is 0 Å². The Morgan fingerprint density at radius 3 is 2.64 bits per heavy atom. The molecule has 0 amide bonds. The largest absolute Gasteiger partial charge is 0.339 e. The highest BCUT2D eigenvalue weighted by atomic mass is 19.1. The third-order valence-corrected chi connectivity index (χ3v) is 5.52. The maximum atomic E-state index is 13.5. The Balaban J connectivity index is 1.26. The van der Waals surface area contributed by atoms with E-state index in [1.54, 1.807) is 24.3 Å². The van der Waals surface area contributed by atoms with Gasteiger partial charge < -0.3 is 9.05 Å². The molecule has 2 aromatic heterocycles. The SMILES string of the molecule is O=[N+]([O-])c1cccc(-c2noc(CN3CCCC(c4nc(-c5cccc(F)c5)no4)C3)n2)c1. The third-order valence-electron chi connectivity index (χ3n) is 5.52. The van der Waals surface area contributed by atoms with Gasteiger partial charge in [0, 0.05) is 29.8 Å². The fraction of sp³-hybridized carbons (Fsp3) is 0.273. The van der Waals surface area contributed by atoms with Crippen molar-refractivity contribution in [2.75, 3.05) is 13.1 Å². The zero-order valence-corrected chi connectivity index (χ0v) is 17.4. The summed E-state index contributed by atoms with van der Waals surface area (Å²) < 4.78 is 24.3. The second-order valence-corrected chi connectivity index (χ2v) is 7.86. The van der Waals surface area contributed by atoms with Gasteiger partial charge in [-0.1, -0.05) is 34.6 Å². The zero-order valence-electron chi connectivity index (χ0n) is 17.4. The molecule has 1 atom stereocenters. The monoisotopic (exact) mass is 450 g/mol. The number of hydrogen-bond acceptors (Lipinski definition) is 9. The number of non-ortho nitro benzene ring substituents is 1. The van der Waals surface area contributed by atoms with Crippen LogP contribution in [-0.4, -0.2) is 43.2 Å². The summed E-state index contributed by atoms with van der Waals surface area (Å²) in [5, 5.41) is 19.0. The Morgan fingerprint density at radius 1 is 1.06 bits per heavy atom. The lowest BCUT2D eigenvalue weighted by molar-refractivity contribution is -0.384. The second-order valence-electron chi connectivity index (χ2n) is 7.86. The van der Waals surface area contributed by atoms with E-state index < -0.39 is 4.92 Å². The van der Waals surface area contributed by atoms with Gasteiger partial charge in [-0.3, -0.25) is 15.0 Å². The molecule has 0 saturated carbocycles. The van der Waals surface area contributed by atoms with E-state index in [4.69, 9.17) is 9.05 Å². The van der Waals surface area contributed by atoms with Gasteiger partial charge in [0.2, 0.25) is 23.4 Å². The number of aromatic nitrogens is 4. The highest BCUT2D eigenvalue weighted by molar-refractivity contribution is 5.58. The van der Waals surface area contributed by atoms with Gasteiger partial charge in [0.25, 0.3) is 5.69 Å². The highest BCUT2D eigenvalue weighted by Crippen LogP contribution is 2.29. The van der Waals surface area contributed by atoms with Crippen molar-refractivity contribution in [1.82, 2.24) is 25.2 Å². The highest BCUT2D eigenvalue weighted by Gasteiger charge is 2.27. The molecule has 1 fully saturated rings. The van der Waals surface area contributed by atoms with Crippen molar-refractivity contribution in [1.29, 1.82) is 0 Å². The first-order valence-corrected chi connectivity index (χ1v) is 10.4. The van der Waals surface area contributed by atoms with Crippen LogP contribution in [0.2, 0.25) is 0 Å². The van der Waals surface area contributed by atoms with Crippen molar-refractivity contribution < 1.29 is 18.4 Å². The van der Waals surface area contributed by atoms with Crippen LogP contribution in [0.1, 0.15) is 30.5 Å². The number of benzene rings is 2. The van der Waals surface area contributed by atoms with Crippen LogP contribution >= 0.6 is 0 Å². The minimum atomic E-state index is -0.463. The number of halogens is 1. The molecular weight excluding hydrogens is 431 g/mol. The molecule has 1 aliphatic rings. The predicted octanol–water partition coefficient (Wildman–Crippen LogP) is 4.21. The molecule has 3 heterocycles. The number of nitro groups is 1. The van der Waals surface area contributed by atoms with Crippen LogP contribution in [-0.2, 0) is 6.54 Å². The zero-order chi connectivity index (χ0) is 22.8. The Hall–Kier alpha value is -3.99. The van der Waals surface area contributed by atoms with Crippen molar-refractivity contribution >= 4 is 5.69 Å². The Bertz CT molecular complexity index is 1290. The number of nitrogens with zero attached hydrogens (tertiary/aromatic N) is 6. The van der Waals surface area contributed by atoms with E-state index in [0.29, 0.717) is 47.6 Å². The smallest absolute Gasteiger partial charge is 0.270 e. The molecular formula is C22H19FN6O4. The molecule has 168 valence electrons. The Kier molecular flexibility index (Phi) is 5.61. The summed E-state index contributed by atoms with van der Waals surface area (Å²) in [5.74, 6) is 1.28. The molecule has 33 heavy (non-hydrogen) atoms. The molecule has 0 bridgehead atoms. The molecule has 4 aromatic rings. The van der Waals surface area contributed by atoms with Gasteiger partial charge in [0.15, 0.2) is 0 Å². The van der Waals surface area contributed by atoms with Gasteiger partial charge in [-0.05, 0) is 31.5 Å². The Labute approximate surface area is 187 Å². The van der Waals surface area contributed by atoms with Gasteiger partial charge in [-0.15, -0.1) is 0 Å². The molecule has 5 rings (SSSR count). The molecule has 1 aliphatic heterocycles. The first-order valence-electron chi connectivity index (χ1n) is 10.4. The predicted molar refractivity (Wildman–Crippen MR) is 113 cm³/mol. The lowest BCUT2D eigenvalue weighted by Gasteiger charge is -2.29. The standard InChI is InChI=1S/C22H19FN6O4/c23-17-7-1-4-14(10-17)21-25-22(33-27-21)16-6-3-9-28(12-16)13-19-24-20(26-32-19)15-5-2-8-18(11-15)29(30)31/h1-2,4-5,7-8,10-11,16H,3,6,9,12-13H2. The molecule has 0 aliphatic carbocycles. The molecule has 0 radical (unpaired) electrons. The van der Waals surface area contributed by atoms with E-state index in [1.165, 1.54) is 24.3 Å². The van der Waals surface area contributed by atoms with Crippen molar-refractivity contribution in [3.63, 3.8) is 0 Å². The van der Waals surface area contributed by atoms with Crippen LogP contribution in [0, 0.1) is 15.9 Å². The number of likely N-dealkylation sites (tertiary alicyclic amines) is 1. The third kappa shape index (κ3) is 4.62. The minimum absolute atomic E-state index is 0.0325. The van der Waals surface area contributed by atoms with Crippen LogP contribution in [0.5, 0.6) is 0 Å². The van der Waals surface area contributed by atoms with Crippen molar-refractivity contribution in [3.05, 3.63) is 76.2 Å². The summed E-state index contributed by atoms with van der Waals surface area (Å²) >= 11 is 0. The first-order chi connectivity index (χ1) is 16.0. The van der Waals surface area contributed by atoms with Gasteiger partial charge >= 0.3 is 0 Å². The van der Waals surface area contributed by atoms with Crippen molar-refractivity contribution in [2.45, 2.75) is 25.3 Å². The van der Waals surface area contributed by atoms with Crippen LogP contribution in [0.3, 0.4) is 0 Å². The molecule has 1 saturated heterocycles. The van der Waals surface area contributed by atoms with Crippen LogP contribution in [0.4, 0.5) is 10.1 Å². The lowest BCUT2D eigenvalue weighted by atomic mass is 9.98. The molecule has 2 aromatic carbocycles. The summed E-state index contributed by atoms with van der Waals surface area (Å²) in [7, 11) is 0. The van der Waals surface area contributed by atoms with Crippen LogP contribution in [0.25, 0.3) is 22.8 Å². The maximum Gasteiger partial charge on any atom is 0.270 e. The quantitative estimate of drug-likeness (QED) is 0.314. The average molecular weight is 450 g/mol. The van der Waals surface area contributed by atoms with E-state index in [2.05, 4.69) is 25.2 Å². The molecule has 0 N–H and O–H groups in total. The molecule has 10 nitrogen and oxygen atoms in total. The fourth-order valence-corrected chi connectivity index (χ4v) is 3.93. The van der Waals surface area contributed by atoms with Gasteiger partial charge in [-0.25, -0.2) is 4.39 Å². The van der Waals surface area contributed by atoms with E-state index in [-0.39, 0.29) is 17.4 Å². The maximum absolute atomic E-state index is 13.5. The number of nitro benzene ring substituents is 1. The van der Waals surface area contributed by atoms with Crippen molar-refractivity contribution in [2.24, 2.45) is 0 Å². The van der Waals surface area contributed by atoms with Crippen molar-refractivity contribution in [3.8, 4) is 22.8 Å². The molecule has 11 heteroatoms. The van der Waals surface area contributed by atoms with Gasteiger partial charge in [-0.2, -0.15) is 9.97 Å². The normalized spacial score (nSPS) is 16.7. The summed E-state index contributed by atoms with van der Waals surface area (Å²) in [6.45, 7) is 1.94. The summed E-state index contributed by atoms with van der Waals surface area (Å²) in [6, 6.07) is 12.2. The lowest BCUT2D eigenvalue weighted by Crippen LogP contribution is -2.34. The van der Waals surface area contributed by atoms with Crippen LogP contribution < -0.4 is 0 Å². The topological polar surface area (TPSA) is 124 Å². The van der Waals surface area contributed by atoms with Crippen LogP contribution in [0.15, 0.2) is 57.6 Å². The summed E-state index contributed by atoms with van der Waals surface area (Å²) in [5.41, 5.74) is 1.05. The first kappa shape index (κ1) is 20.9.